The highest BCUT2D eigenvalue weighted by atomic mass is 16.5. The average molecular weight is 305 g/mol. The van der Waals surface area contributed by atoms with E-state index in [1.165, 1.54) is 26.4 Å². The van der Waals surface area contributed by atoms with Crippen molar-refractivity contribution < 1.29 is 14.3 Å². The Morgan fingerprint density at radius 3 is 2.09 bits per heavy atom. The monoisotopic (exact) mass is 305 g/mol. The van der Waals surface area contributed by atoms with Gasteiger partial charge < -0.3 is 10.1 Å². The highest BCUT2D eigenvalue weighted by molar-refractivity contribution is 5.88. The molecule has 0 aromatic carbocycles. The van der Waals surface area contributed by atoms with E-state index in [9.17, 15) is 9.59 Å². The molecule has 0 saturated heterocycles. The summed E-state index contributed by atoms with van der Waals surface area (Å²) in [5, 5.41) is 2.98. The number of hydrogen-bond donors (Lipinski definition) is 1. The lowest BCUT2D eigenvalue weighted by Crippen LogP contribution is -2.56. The zero-order valence-corrected chi connectivity index (χ0v) is 13.7. The minimum absolute atomic E-state index is 0.0725. The summed E-state index contributed by atoms with van der Waals surface area (Å²) in [6.07, 6.45) is 7.38. The Morgan fingerprint density at radius 2 is 1.68 bits per heavy atom. The zero-order chi connectivity index (χ0) is 15.9. The van der Waals surface area contributed by atoms with Gasteiger partial charge in [-0.1, -0.05) is 5.57 Å². The molecule has 0 radical (unpaired) electrons. The van der Waals surface area contributed by atoms with Crippen LogP contribution in [0.3, 0.4) is 0 Å². The maximum atomic E-state index is 13.0. The maximum absolute atomic E-state index is 13.0. The maximum Gasteiger partial charge on any atom is 0.328 e. The van der Waals surface area contributed by atoms with Crippen LogP contribution in [0.2, 0.25) is 0 Å². The third-order valence-electron chi connectivity index (χ3n) is 5.86. The van der Waals surface area contributed by atoms with Gasteiger partial charge >= 0.3 is 5.97 Å². The van der Waals surface area contributed by atoms with Gasteiger partial charge in [0.15, 0.2) is 0 Å². The molecule has 0 spiro atoms. The molecule has 0 aromatic heterocycles. The molecular weight excluding hydrogens is 278 g/mol. The van der Waals surface area contributed by atoms with E-state index in [1.54, 1.807) is 0 Å². The van der Waals surface area contributed by atoms with Crippen molar-refractivity contribution in [3.63, 3.8) is 0 Å². The van der Waals surface area contributed by atoms with E-state index in [-0.39, 0.29) is 17.3 Å². The van der Waals surface area contributed by atoms with E-state index in [4.69, 9.17) is 4.74 Å². The van der Waals surface area contributed by atoms with Crippen molar-refractivity contribution in [3.05, 3.63) is 12.2 Å². The van der Waals surface area contributed by atoms with E-state index < -0.39 is 6.04 Å². The number of carbonyl (C=O) groups excluding carboxylic acids is 2. The van der Waals surface area contributed by atoms with Gasteiger partial charge in [-0.25, -0.2) is 4.79 Å². The molecule has 1 atom stereocenters. The van der Waals surface area contributed by atoms with Crippen LogP contribution in [-0.2, 0) is 14.3 Å². The molecule has 0 heterocycles. The Hall–Kier alpha value is -1.32. The van der Waals surface area contributed by atoms with Crippen LogP contribution < -0.4 is 5.32 Å². The van der Waals surface area contributed by atoms with E-state index in [0.29, 0.717) is 6.42 Å². The SMILES string of the molecule is C=C(C)C[C@@H](NC(=O)C12CC3CC(CC(C3)C1)C2)C(=O)OC. The molecule has 4 aliphatic rings. The first-order chi connectivity index (χ1) is 10.4. The molecule has 0 aromatic rings. The second-order valence-corrected chi connectivity index (χ2v) is 7.91. The lowest BCUT2D eigenvalue weighted by atomic mass is 9.49. The lowest BCUT2D eigenvalue weighted by molar-refractivity contribution is -0.152. The fourth-order valence-electron chi connectivity index (χ4n) is 5.38. The highest BCUT2D eigenvalue weighted by Gasteiger charge is 2.54. The molecule has 1 amide bonds. The van der Waals surface area contributed by atoms with Crippen molar-refractivity contribution in [1.82, 2.24) is 5.32 Å². The molecule has 1 N–H and O–H groups in total. The topological polar surface area (TPSA) is 55.4 Å². The minimum Gasteiger partial charge on any atom is -0.467 e. The molecule has 22 heavy (non-hydrogen) atoms. The largest absolute Gasteiger partial charge is 0.467 e. The summed E-state index contributed by atoms with van der Waals surface area (Å²) in [6, 6.07) is -0.594. The highest BCUT2D eigenvalue weighted by Crippen LogP contribution is 2.60. The zero-order valence-electron chi connectivity index (χ0n) is 13.7. The summed E-state index contributed by atoms with van der Waals surface area (Å²) < 4.78 is 4.84. The quantitative estimate of drug-likeness (QED) is 0.627. The van der Waals surface area contributed by atoms with Crippen molar-refractivity contribution in [2.75, 3.05) is 7.11 Å². The summed E-state index contributed by atoms with van der Waals surface area (Å²) in [4.78, 5) is 24.9. The Bertz CT molecular complexity index is 461. The van der Waals surface area contributed by atoms with Crippen molar-refractivity contribution in [1.29, 1.82) is 0 Å². The van der Waals surface area contributed by atoms with Crippen molar-refractivity contribution in [2.45, 2.75) is 57.9 Å². The lowest BCUT2D eigenvalue weighted by Gasteiger charge is -2.55. The van der Waals surface area contributed by atoms with Gasteiger partial charge in [-0.05, 0) is 69.6 Å². The molecule has 4 heteroatoms. The molecule has 0 unspecified atom stereocenters. The van der Waals surface area contributed by atoms with E-state index in [1.807, 2.05) is 6.92 Å². The normalized spacial score (nSPS) is 36.7. The van der Waals surface area contributed by atoms with E-state index in [0.717, 1.165) is 42.6 Å². The number of nitrogens with one attached hydrogen (secondary N) is 1. The second-order valence-electron chi connectivity index (χ2n) is 7.91. The van der Waals surface area contributed by atoms with Crippen LogP contribution in [0.25, 0.3) is 0 Å². The summed E-state index contributed by atoms with van der Waals surface area (Å²) in [7, 11) is 1.37. The molecule has 4 fully saturated rings. The molecule has 4 saturated carbocycles. The Kier molecular flexibility index (Phi) is 4.04. The number of carbonyl (C=O) groups is 2. The summed E-state index contributed by atoms with van der Waals surface area (Å²) >= 11 is 0. The molecule has 4 bridgehead atoms. The van der Waals surface area contributed by atoms with E-state index >= 15 is 0 Å². The van der Waals surface area contributed by atoms with Crippen molar-refractivity contribution in [3.8, 4) is 0 Å². The predicted molar refractivity (Wildman–Crippen MR) is 84.0 cm³/mol. The van der Waals surface area contributed by atoms with Gasteiger partial charge in [0.1, 0.15) is 6.04 Å². The van der Waals surface area contributed by atoms with Gasteiger partial charge in [0, 0.05) is 5.41 Å². The third kappa shape index (κ3) is 2.80. The first kappa shape index (κ1) is 15.6. The Morgan fingerprint density at radius 1 is 1.18 bits per heavy atom. The Balaban J connectivity index is 1.72. The molecule has 122 valence electrons. The molecular formula is C18H27NO3. The first-order valence-electron chi connectivity index (χ1n) is 8.45. The van der Waals surface area contributed by atoms with Gasteiger partial charge in [-0.15, -0.1) is 6.58 Å². The number of esters is 1. The first-order valence-corrected chi connectivity index (χ1v) is 8.45. The Labute approximate surface area is 132 Å². The number of methoxy groups -OCH3 is 1. The van der Waals surface area contributed by atoms with Crippen LogP contribution in [0.1, 0.15) is 51.9 Å². The smallest absolute Gasteiger partial charge is 0.328 e. The number of rotatable bonds is 5. The third-order valence-corrected chi connectivity index (χ3v) is 5.86. The van der Waals surface area contributed by atoms with Crippen molar-refractivity contribution in [2.24, 2.45) is 23.2 Å². The summed E-state index contributed by atoms with van der Waals surface area (Å²) in [5.74, 6) is 1.85. The van der Waals surface area contributed by atoms with Crippen LogP contribution in [-0.4, -0.2) is 25.0 Å². The van der Waals surface area contributed by atoms with Gasteiger partial charge in [0.05, 0.1) is 7.11 Å². The average Bonchev–Trinajstić information content (AvgIpc) is 2.43. The standard InChI is InChI=1S/C18H27NO3/c1-11(2)4-15(16(20)22-3)19-17(21)18-8-12-5-13(9-18)7-14(6-12)10-18/h12-15H,1,4-10H2,2-3H3,(H,19,21)/t12?,13?,14?,15-,18?/m1/s1. The van der Waals surface area contributed by atoms with Crippen LogP contribution in [0.15, 0.2) is 12.2 Å². The predicted octanol–water partition coefficient (Wildman–Crippen LogP) is 2.83. The van der Waals surface area contributed by atoms with Crippen LogP contribution in [0.5, 0.6) is 0 Å². The molecule has 4 rings (SSSR count). The molecule has 4 nitrogen and oxygen atoms in total. The van der Waals surface area contributed by atoms with Crippen molar-refractivity contribution >= 4 is 11.9 Å². The number of ether oxygens (including phenoxy) is 1. The van der Waals surface area contributed by atoms with Crippen LogP contribution in [0.4, 0.5) is 0 Å². The van der Waals surface area contributed by atoms with Gasteiger partial charge in [-0.3, -0.25) is 4.79 Å². The molecule has 0 aliphatic heterocycles. The minimum atomic E-state index is -0.594. The van der Waals surface area contributed by atoms with Crippen LogP contribution in [0, 0.1) is 23.2 Å². The fraction of sp³-hybridized carbons (Fsp3) is 0.778. The second kappa shape index (κ2) is 5.71. The van der Waals surface area contributed by atoms with E-state index in [2.05, 4.69) is 11.9 Å². The fourth-order valence-corrected chi connectivity index (χ4v) is 5.38. The van der Waals surface area contributed by atoms with Crippen LogP contribution >= 0.6 is 0 Å². The number of amides is 1. The van der Waals surface area contributed by atoms with Gasteiger partial charge in [0.25, 0.3) is 0 Å². The summed E-state index contributed by atoms with van der Waals surface area (Å²) in [5.41, 5.74) is 0.650. The number of hydrogen-bond acceptors (Lipinski definition) is 3. The molecule has 4 aliphatic carbocycles. The summed E-state index contributed by atoms with van der Waals surface area (Å²) in [6.45, 7) is 5.72. The van der Waals surface area contributed by atoms with Gasteiger partial charge in [0.2, 0.25) is 5.91 Å². The van der Waals surface area contributed by atoms with Gasteiger partial charge in [-0.2, -0.15) is 0 Å².